The number of carbonyl (C=O) groups is 1. The molecule has 0 bridgehead atoms. The SMILES string of the molecule is Cc1nc(-c2nc(C(=O)N3CCOCC3)c3ccccn23)cn1C(C)C. The van der Waals surface area contributed by atoms with Crippen molar-refractivity contribution in [3.8, 4) is 11.5 Å². The first-order valence-corrected chi connectivity index (χ1v) is 8.96. The van der Waals surface area contributed by atoms with Gasteiger partial charge in [0.2, 0.25) is 0 Å². The van der Waals surface area contributed by atoms with Crippen molar-refractivity contribution in [2.75, 3.05) is 26.3 Å². The monoisotopic (exact) mass is 353 g/mol. The summed E-state index contributed by atoms with van der Waals surface area (Å²) < 4.78 is 9.41. The molecule has 1 aliphatic rings. The second kappa shape index (κ2) is 6.57. The third-order valence-electron chi connectivity index (χ3n) is 4.75. The first-order valence-electron chi connectivity index (χ1n) is 8.96. The van der Waals surface area contributed by atoms with E-state index >= 15 is 0 Å². The Labute approximate surface area is 152 Å². The van der Waals surface area contributed by atoms with E-state index < -0.39 is 0 Å². The highest BCUT2D eigenvalue weighted by molar-refractivity contribution is 6.00. The van der Waals surface area contributed by atoms with E-state index in [-0.39, 0.29) is 5.91 Å². The van der Waals surface area contributed by atoms with Gasteiger partial charge < -0.3 is 14.2 Å². The number of imidazole rings is 2. The molecule has 7 nitrogen and oxygen atoms in total. The molecule has 0 N–H and O–H groups in total. The molecule has 0 atom stereocenters. The Hall–Kier alpha value is -2.67. The van der Waals surface area contributed by atoms with Crippen LogP contribution in [0.25, 0.3) is 17.0 Å². The quantitative estimate of drug-likeness (QED) is 0.726. The highest BCUT2D eigenvalue weighted by Crippen LogP contribution is 2.25. The minimum absolute atomic E-state index is 0.0525. The normalized spacial score (nSPS) is 15.2. The van der Waals surface area contributed by atoms with Crippen LogP contribution >= 0.6 is 0 Å². The Morgan fingerprint density at radius 1 is 1.19 bits per heavy atom. The van der Waals surface area contributed by atoms with Gasteiger partial charge in [0, 0.05) is 31.5 Å². The number of hydrogen-bond acceptors (Lipinski definition) is 4. The second-order valence-electron chi connectivity index (χ2n) is 6.82. The molecule has 0 unspecified atom stereocenters. The molecule has 4 heterocycles. The summed E-state index contributed by atoms with van der Waals surface area (Å²) in [6, 6.07) is 6.11. The van der Waals surface area contributed by atoms with Gasteiger partial charge in [0.25, 0.3) is 5.91 Å². The van der Waals surface area contributed by atoms with Gasteiger partial charge in [-0.1, -0.05) is 6.07 Å². The summed E-state index contributed by atoms with van der Waals surface area (Å²) in [7, 11) is 0. The maximum absolute atomic E-state index is 13.0. The predicted molar refractivity (Wildman–Crippen MR) is 98.3 cm³/mol. The summed E-state index contributed by atoms with van der Waals surface area (Å²) >= 11 is 0. The van der Waals surface area contributed by atoms with Crippen LogP contribution < -0.4 is 0 Å². The number of carbonyl (C=O) groups excluding carboxylic acids is 1. The molecule has 1 aliphatic heterocycles. The number of fused-ring (bicyclic) bond motifs is 1. The molecule has 1 amide bonds. The number of morpholine rings is 1. The first kappa shape index (κ1) is 16.8. The Bertz CT molecular complexity index is 950. The molecule has 136 valence electrons. The van der Waals surface area contributed by atoms with E-state index in [0.717, 1.165) is 17.0 Å². The average Bonchev–Trinajstić information content (AvgIpc) is 3.23. The predicted octanol–water partition coefficient (Wildman–Crippen LogP) is 2.56. The third kappa shape index (κ3) is 2.78. The van der Waals surface area contributed by atoms with Gasteiger partial charge >= 0.3 is 0 Å². The fourth-order valence-corrected chi connectivity index (χ4v) is 3.41. The Morgan fingerprint density at radius 3 is 2.65 bits per heavy atom. The van der Waals surface area contributed by atoms with E-state index in [1.165, 1.54) is 0 Å². The van der Waals surface area contributed by atoms with Crippen molar-refractivity contribution in [1.82, 2.24) is 23.8 Å². The summed E-state index contributed by atoms with van der Waals surface area (Å²) in [6.45, 7) is 8.57. The number of aromatic nitrogens is 4. The molecular weight excluding hydrogens is 330 g/mol. The van der Waals surface area contributed by atoms with Crippen LogP contribution in [-0.4, -0.2) is 56.0 Å². The standard InChI is InChI=1S/C19H23N5O2/c1-13(2)24-12-15(20-14(24)3)18-21-17(16-6-4-5-7-23(16)18)19(25)22-8-10-26-11-9-22/h4-7,12-13H,8-11H2,1-3H3. The van der Waals surface area contributed by atoms with Crippen LogP contribution in [0.4, 0.5) is 0 Å². The zero-order chi connectivity index (χ0) is 18.3. The van der Waals surface area contributed by atoms with Crippen molar-refractivity contribution >= 4 is 11.4 Å². The van der Waals surface area contributed by atoms with Gasteiger partial charge in [0.15, 0.2) is 11.5 Å². The third-order valence-corrected chi connectivity index (χ3v) is 4.75. The zero-order valence-electron chi connectivity index (χ0n) is 15.3. The van der Waals surface area contributed by atoms with Crippen LogP contribution in [-0.2, 0) is 4.74 Å². The largest absolute Gasteiger partial charge is 0.378 e. The number of amides is 1. The maximum Gasteiger partial charge on any atom is 0.274 e. The minimum Gasteiger partial charge on any atom is -0.378 e. The van der Waals surface area contributed by atoms with Gasteiger partial charge in [-0.2, -0.15) is 0 Å². The molecule has 26 heavy (non-hydrogen) atoms. The molecule has 0 radical (unpaired) electrons. The van der Waals surface area contributed by atoms with E-state index in [1.54, 1.807) is 4.90 Å². The molecule has 7 heteroatoms. The van der Waals surface area contributed by atoms with Crippen molar-refractivity contribution in [2.45, 2.75) is 26.8 Å². The van der Waals surface area contributed by atoms with Crippen LogP contribution in [0, 0.1) is 6.92 Å². The van der Waals surface area contributed by atoms with E-state index in [0.29, 0.717) is 43.9 Å². The van der Waals surface area contributed by atoms with Gasteiger partial charge in [-0.15, -0.1) is 0 Å². The fourth-order valence-electron chi connectivity index (χ4n) is 3.41. The number of nitrogens with zero attached hydrogens (tertiary/aromatic N) is 5. The highest BCUT2D eigenvalue weighted by atomic mass is 16.5. The molecule has 1 fully saturated rings. The van der Waals surface area contributed by atoms with Crippen LogP contribution in [0.15, 0.2) is 30.6 Å². The summed E-state index contributed by atoms with van der Waals surface area (Å²) in [4.78, 5) is 24.2. The lowest BCUT2D eigenvalue weighted by atomic mass is 10.3. The molecule has 3 aromatic heterocycles. The Morgan fingerprint density at radius 2 is 1.96 bits per heavy atom. The molecular formula is C19H23N5O2. The Balaban J connectivity index is 1.81. The fraction of sp³-hybridized carbons (Fsp3) is 0.421. The van der Waals surface area contributed by atoms with Gasteiger partial charge in [0.05, 0.1) is 18.7 Å². The van der Waals surface area contributed by atoms with E-state index in [4.69, 9.17) is 9.72 Å². The number of rotatable bonds is 3. The van der Waals surface area contributed by atoms with E-state index in [1.807, 2.05) is 41.9 Å². The van der Waals surface area contributed by atoms with Crippen molar-refractivity contribution in [2.24, 2.45) is 0 Å². The lowest BCUT2D eigenvalue weighted by Crippen LogP contribution is -2.40. The number of hydrogen-bond donors (Lipinski definition) is 0. The molecule has 0 aromatic carbocycles. The number of pyridine rings is 1. The van der Waals surface area contributed by atoms with Crippen molar-refractivity contribution in [3.63, 3.8) is 0 Å². The second-order valence-corrected chi connectivity index (χ2v) is 6.82. The van der Waals surface area contributed by atoms with Crippen LogP contribution in [0.2, 0.25) is 0 Å². The lowest BCUT2D eigenvalue weighted by molar-refractivity contribution is 0.0301. The van der Waals surface area contributed by atoms with Crippen molar-refractivity contribution < 1.29 is 9.53 Å². The first-order chi connectivity index (χ1) is 12.6. The smallest absolute Gasteiger partial charge is 0.274 e. The molecule has 4 rings (SSSR count). The minimum atomic E-state index is -0.0525. The van der Waals surface area contributed by atoms with Crippen molar-refractivity contribution in [3.05, 3.63) is 42.1 Å². The summed E-state index contributed by atoms with van der Waals surface area (Å²) in [6.07, 6.45) is 3.93. The molecule has 3 aromatic rings. The average molecular weight is 353 g/mol. The topological polar surface area (TPSA) is 64.7 Å². The Kier molecular flexibility index (Phi) is 4.24. The number of ether oxygens (including phenoxy) is 1. The van der Waals surface area contributed by atoms with Gasteiger partial charge in [-0.05, 0) is 32.9 Å². The number of aryl methyl sites for hydroxylation is 1. The molecule has 1 saturated heterocycles. The van der Waals surface area contributed by atoms with Gasteiger partial charge in [-0.25, -0.2) is 9.97 Å². The molecule has 0 aliphatic carbocycles. The van der Waals surface area contributed by atoms with Gasteiger partial charge in [0.1, 0.15) is 11.5 Å². The van der Waals surface area contributed by atoms with Crippen LogP contribution in [0.1, 0.15) is 36.2 Å². The van der Waals surface area contributed by atoms with E-state index in [9.17, 15) is 4.79 Å². The van der Waals surface area contributed by atoms with Crippen LogP contribution in [0.5, 0.6) is 0 Å². The summed E-state index contributed by atoms with van der Waals surface area (Å²) in [5.74, 6) is 1.58. The lowest BCUT2D eigenvalue weighted by Gasteiger charge is -2.26. The van der Waals surface area contributed by atoms with Crippen molar-refractivity contribution in [1.29, 1.82) is 0 Å². The van der Waals surface area contributed by atoms with Crippen LogP contribution in [0.3, 0.4) is 0 Å². The maximum atomic E-state index is 13.0. The highest BCUT2D eigenvalue weighted by Gasteiger charge is 2.25. The zero-order valence-corrected chi connectivity index (χ0v) is 15.3. The van der Waals surface area contributed by atoms with E-state index in [2.05, 4.69) is 23.4 Å². The summed E-state index contributed by atoms with van der Waals surface area (Å²) in [5, 5.41) is 0. The molecule has 0 saturated carbocycles. The summed E-state index contributed by atoms with van der Waals surface area (Å²) in [5.41, 5.74) is 2.05. The van der Waals surface area contributed by atoms with Gasteiger partial charge in [-0.3, -0.25) is 9.20 Å². The molecule has 0 spiro atoms.